The van der Waals surface area contributed by atoms with Gasteiger partial charge in [-0.15, -0.1) is 0 Å². The molecular weight excluding hydrogens is 190 g/mol. The fourth-order valence-electron chi connectivity index (χ4n) is 1.40. The molecule has 0 N–H and O–H groups in total. The highest BCUT2D eigenvalue weighted by molar-refractivity contribution is 5.93. The number of para-hydroxylation sites is 1. The van der Waals surface area contributed by atoms with E-state index in [2.05, 4.69) is 4.98 Å². The number of carbonyl (C=O) groups excluding carboxylic acids is 1. The predicted molar refractivity (Wildman–Crippen MR) is 59.8 cm³/mol. The van der Waals surface area contributed by atoms with E-state index in [0.29, 0.717) is 12.2 Å². The molecule has 0 spiro atoms. The number of rotatable bonds is 2. The Bertz CT molecular complexity index is 499. The number of benzene rings is 1. The number of hydrogen-bond acceptors (Lipinski definition) is 3. The summed E-state index contributed by atoms with van der Waals surface area (Å²) in [5.41, 5.74) is 1.38. The van der Waals surface area contributed by atoms with E-state index in [-0.39, 0.29) is 7.40 Å². The van der Waals surface area contributed by atoms with Gasteiger partial charge in [0.15, 0.2) is 0 Å². The fourth-order valence-corrected chi connectivity index (χ4v) is 1.40. The van der Waals surface area contributed by atoms with Gasteiger partial charge in [-0.25, -0.2) is 4.79 Å². The summed E-state index contributed by atoms with van der Waals surface area (Å²) in [6.07, 6.45) is 1.54. The number of fused-ring (bicyclic) bond motifs is 1. The van der Waals surface area contributed by atoms with Gasteiger partial charge in [-0.1, -0.05) is 18.2 Å². The van der Waals surface area contributed by atoms with E-state index >= 15 is 0 Å². The minimum atomic E-state index is -0.323. The molecule has 0 amide bonds. The van der Waals surface area contributed by atoms with Crippen molar-refractivity contribution in [1.29, 1.82) is 0 Å². The number of pyridine rings is 1. The third-order valence-corrected chi connectivity index (χ3v) is 2.10. The van der Waals surface area contributed by atoms with Gasteiger partial charge in [-0.3, -0.25) is 4.98 Å². The van der Waals surface area contributed by atoms with Gasteiger partial charge in [-0.05, 0) is 19.1 Å². The number of aromatic nitrogens is 1. The molecule has 15 heavy (non-hydrogen) atoms. The molecular formula is C12H13NO2. The second-order valence-corrected chi connectivity index (χ2v) is 3.14. The van der Waals surface area contributed by atoms with Crippen molar-refractivity contribution in [2.75, 3.05) is 6.61 Å². The lowest BCUT2D eigenvalue weighted by Gasteiger charge is -2.02. The Morgan fingerprint density at radius 1 is 1.47 bits per heavy atom. The Morgan fingerprint density at radius 2 is 2.27 bits per heavy atom. The highest BCUT2D eigenvalue weighted by atomic mass is 16.5. The summed E-state index contributed by atoms with van der Waals surface area (Å²) < 4.78 is 4.90. The van der Waals surface area contributed by atoms with Crippen LogP contribution in [0, 0.1) is 0 Å². The molecule has 0 fully saturated rings. The van der Waals surface area contributed by atoms with E-state index in [1.807, 2.05) is 24.3 Å². The second kappa shape index (κ2) is 4.09. The number of ether oxygens (including phenoxy) is 1. The lowest BCUT2D eigenvalue weighted by molar-refractivity contribution is 0.0526. The van der Waals surface area contributed by atoms with Crippen LogP contribution in [0.4, 0.5) is 0 Å². The molecule has 0 bridgehead atoms. The Kier molecular flexibility index (Phi) is 2.63. The molecule has 0 aliphatic rings. The van der Waals surface area contributed by atoms with Gasteiger partial charge in [0.05, 0.1) is 17.7 Å². The summed E-state index contributed by atoms with van der Waals surface area (Å²) in [7, 11) is 0. The zero-order chi connectivity index (χ0) is 10.7. The third-order valence-electron chi connectivity index (χ3n) is 2.10. The topological polar surface area (TPSA) is 39.2 Å². The Morgan fingerprint density at radius 3 is 3.07 bits per heavy atom. The SMILES string of the molecule is CCOC(=O)c1cnc2ccccc2c1.[HH]. The number of esters is 1. The summed E-state index contributed by atoms with van der Waals surface area (Å²) in [4.78, 5) is 15.6. The molecule has 2 rings (SSSR count). The van der Waals surface area contributed by atoms with Crippen LogP contribution in [-0.2, 0) is 4.74 Å². The van der Waals surface area contributed by atoms with Crippen LogP contribution in [0.2, 0.25) is 0 Å². The van der Waals surface area contributed by atoms with Gasteiger partial charge in [0, 0.05) is 13.0 Å². The van der Waals surface area contributed by atoms with E-state index in [1.165, 1.54) is 0 Å². The maximum Gasteiger partial charge on any atom is 0.339 e. The van der Waals surface area contributed by atoms with Gasteiger partial charge in [-0.2, -0.15) is 0 Å². The molecule has 3 nitrogen and oxygen atoms in total. The van der Waals surface area contributed by atoms with Crippen LogP contribution in [0.3, 0.4) is 0 Å². The first kappa shape index (κ1) is 9.65. The van der Waals surface area contributed by atoms with Gasteiger partial charge in [0.1, 0.15) is 0 Å². The molecule has 0 saturated heterocycles. The molecule has 1 aromatic carbocycles. The molecule has 0 unspecified atom stereocenters. The van der Waals surface area contributed by atoms with Crippen molar-refractivity contribution in [2.45, 2.75) is 6.92 Å². The molecule has 1 heterocycles. The number of nitrogens with zero attached hydrogens (tertiary/aromatic N) is 1. The van der Waals surface area contributed by atoms with Crippen molar-refractivity contribution < 1.29 is 11.0 Å². The molecule has 0 radical (unpaired) electrons. The van der Waals surface area contributed by atoms with E-state index in [0.717, 1.165) is 10.9 Å². The first-order valence-corrected chi connectivity index (χ1v) is 4.83. The van der Waals surface area contributed by atoms with E-state index in [9.17, 15) is 4.79 Å². The zero-order valence-electron chi connectivity index (χ0n) is 8.43. The largest absolute Gasteiger partial charge is 0.462 e. The van der Waals surface area contributed by atoms with Crippen LogP contribution in [0.15, 0.2) is 36.5 Å². The van der Waals surface area contributed by atoms with Crippen LogP contribution >= 0.6 is 0 Å². The molecule has 1 aromatic heterocycles. The van der Waals surface area contributed by atoms with Crippen molar-refractivity contribution in [3.8, 4) is 0 Å². The summed E-state index contributed by atoms with van der Waals surface area (Å²) in [5.74, 6) is -0.323. The van der Waals surface area contributed by atoms with Crippen molar-refractivity contribution in [3.05, 3.63) is 42.1 Å². The Balaban J connectivity index is 0.00000128. The quantitative estimate of drug-likeness (QED) is 0.704. The van der Waals surface area contributed by atoms with Gasteiger partial charge >= 0.3 is 5.97 Å². The maximum absolute atomic E-state index is 11.4. The highest BCUT2D eigenvalue weighted by Crippen LogP contribution is 2.13. The van der Waals surface area contributed by atoms with Crippen LogP contribution in [0.25, 0.3) is 10.9 Å². The van der Waals surface area contributed by atoms with Crippen LogP contribution < -0.4 is 0 Å². The second-order valence-electron chi connectivity index (χ2n) is 3.14. The first-order chi connectivity index (χ1) is 7.31. The lowest BCUT2D eigenvalue weighted by Crippen LogP contribution is -2.04. The average Bonchev–Trinajstić information content (AvgIpc) is 2.29. The van der Waals surface area contributed by atoms with E-state index in [1.54, 1.807) is 19.2 Å². The van der Waals surface area contributed by atoms with Crippen molar-refractivity contribution in [1.82, 2.24) is 4.98 Å². The average molecular weight is 203 g/mol. The summed E-state index contributed by atoms with van der Waals surface area (Å²) in [6.45, 7) is 2.16. The number of hydrogen-bond donors (Lipinski definition) is 0. The highest BCUT2D eigenvalue weighted by Gasteiger charge is 2.06. The van der Waals surface area contributed by atoms with Crippen LogP contribution in [-0.4, -0.2) is 17.6 Å². The summed E-state index contributed by atoms with van der Waals surface area (Å²) in [6, 6.07) is 9.45. The molecule has 78 valence electrons. The van der Waals surface area contributed by atoms with Crippen LogP contribution in [0.1, 0.15) is 18.7 Å². The predicted octanol–water partition coefficient (Wildman–Crippen LogP) is 2.66. The van der Waals surface area contributed by atoms with Gasteiger partial charge in [0.2, 0.25) is 0 Å². The molecule has 0 aliphatic carbocycles. The smallest absolute Gasteiger partial charge is 0.339 e. The maximum atomic E-state index is 11.4. The minimum absolute atomic E-state index is 0. The minimum Gasteiger partial charge on any atom is -0.462 e. The van der Waals surface area contributed by atoms with Gasteiger partial charge < -0.3 is 4.74 Å². The summed E-state index contributed by atoms with van der Waals surface area (Å²) >= 11 is 0. The molecule has 0 aliphatic heterocycles. The standard InChI is InChI=1S/C12H11NO2.H2/c1-2-15-12(14)10-7-9-5-3-4-6-11(9)13-8-10;/h3-8H,2H2,1H3;1H. The monoisotopic (exact) mass is 203 g/mol. The van der Waals surface area contributed by atoms with E-state index in [4.69, 9.17) is 4.74 Å². The normalized spacial score (nSPS) is 10.2. The Labute approximate surface area is 89.2 Å². The van der Waals surface area contributed by atoms with E-state index < -0.39 is 0 Å². The third kappa shape index (κ3) is 1.96. The first-order valence-electron chi connectivity index (χ1n) is 4.83. The molecule has 0 saturated carbocycles. The number of carbonyl (C=O) groups is 1. The zero-order valence-corrected chi connectivity index (χ0v) is 8.43. The van der Waals surface area contributed by atoms with Gasteiger partial charge in [0.25, 0.3) is 0 Å². The molecule has 0 atom stereocenters. The van der Waals surface area contributed by atoms with Crippen LogP contribution in [0.5, 0.6) is 0 Å². The lowest BCUT2D eigenvalue weighted by atomic mass is 10.1. The van der Waals surface area contributed by atoms with Crippen molar-refractivity contribution >= 4 is 16.9 Å². The molecule has 2 aromatic rings. The Hall–Kier alpha value is -1.90. The summed E-state index contributed by atoms with van der Waals surface area (Å²) in [5, 5.41) is 0.947. The van der Waals surface area contributed by atoms with Crippen molar-refractivity contribution in [2.24, 2.45) is 0 Å². The van der Waals surface area contributed by atoms with Crippen molar-refractivity contribution in [3.63, 3.8) is 0 Å². The molecule has 3 heteroatoms. The fraction of sp³-hybridized carbons (Fsp3) is 0.167.